The van der Waals surface area contributed by atoms with Gasteiger partial charge in [-0.05, 0) is 24.8 Å². The Bertz CT molecular complexity index is 466. The Hall–Kier alpha value is -1.57. The zero-order chi connectivity index (χ0) is 16.9. The second-order valence-corrected chi connectivity index (χ2v) is 6.90. The molecule has 0 aliphatic carbocycles. The highest BCUT2D eigenvalue weighted by atomic mass is 15.0. The Balaban J connectivity index is 1.65. The fraction of sp³-hybridized carbons (Fsp3) is 0.591. The highest BCUT2D eigenvalue weighted by molar-refractivity contribution is 6.18. The molecule has 0 fully saturated rings. The lowest BCUT2D eigenvalue weighted by molar-refractivity contribution is 0.430. The van der Waals surface area contributed by atoms with Crippen molar-refractivity contribution in [2.75, 3.05) is 0 Å². The molecule has 0 saturated carbocycles. The van der Waals surface area contributed by atoms with Gasteiger partial charge in [-0.3, -0.25) is 0 Å². The van der Waals surface area contributed by atoms with E-state index < -0.39 is 0 Å². The summed E-state index contributed by atoms with van der Waals surface area (Å²) >= 11 is 0. The Kier molecular flexibility index (Phi) is 9.29. The summed E-state index contributed by atoms with van der Waals surface area (Å²) < 4.78 is 0. The molecule has 0 N–H and O–H groups in total. The van der Waals surface area contributed by atoms with E-state index in [0.29, 0.717) is 5.92 Å². The van der Waals surface area contributed by atoms with Crippen LogP contribution >= 0.6 is 0 Å². The molecule has 1 unspecified atom stereocenters. The molecule has 0 amide bonds. The zero-order valence-electron chi connectivity index (χ0n) is 15.3. The van der Waals surface area contributed by atoms with Crippen LogP contribution in [0.3, 0.4) is 0 Å². The van der Waals surface area contributed by atoms with Crippen molar-refractivity contribution in [3.05, 3.63) is 42.1 Å². The lowest BCUT2D eigenvalue weighted by atomic mass is 9.91. The quantitative estimate of drug-likeness (QED) is 0.296. The van der Waals surface area contributed by atoms with Gasteiger partial charge in [0.25, 0.3) is 0 Å². The number of hydrogen-bond donors (Lipinski definition) is 0. The van der Waals surface area contributed by atoms with E-state index in [2.05, 4.69) is 47.2 Å². The van der Waals surface area contributed by atoms with Gasteiger partial charge in [0, 0.05) is 0 Å². The summed E-state index contributed by atoms with van der Waals surface area (Å²) in [5.74, 6) is 0.514. The van der Waals surface area contributed by atoms with Crippen molar-refractivity contribution in [3.63, 3.8) is 0 Å². The standard InChI is InChI=1S/C22H33N2/c1-2-3-4-5-6-7-8-12-15-21(22-23-18-19-24-22)17-16-20-13-10-9-11-14-20/h9-11,13-14,18-19,21H,2-8,12,15-17H2,1H3/q+1. The minimum Gasteiger partial charge on any atom is -0.0965 e. The van der Waals surface area contributed by atoms with Crippen molar-refractivity contribution in [3.8, 4) is 0 Å². The number of aliphatic imine (C=N–C) groups is 2. The minimum absolute atomic E-state index is 0.514. The van der Waals surface area contributed by atoms with Crippen LogP contribution in [-0.4, -0.2) is 12.4 Å². The van der Waals surface area contributed by atoms with E-state index in [0.717, 1.165) is 19.0 Å². The second-order valence-electron chi connectivity index (χ2n) is 6.90. The Morgan fingerprint density at radius 1 is 0.792 bits per heavy atom. The van der Waals surface area contributed by atoms with Gasteiger partial charge >= 0.3 is 0 Å². The van der Waals surface area contributed by atoms with Crippen LogP contribution in [0.1, 0.15) is 76.7 Å². The Morgan fingerprint density at radius 2 is 1.42 bits per heavy atom. The first kappa shape index (κ1) is 18.8. The summed E-state index contributed by atoms with van der Waals surface area (Å²) in [6.07, 6.45) is 19.2. The molecule has 2 heteroatoms. The van der Waals surface area contributed by atoms with E-state index in [1.54, 1.807) is 0 Å². The molecule has 0 bridgehead atoms. The van der Waals surface area contributed by atoms with Crippen LogP contribution in [0.25, 0.3) is 0 Å². The third-order valence-corrected chi connectivity index (χ3v) is 4.88. The Labute approximate surface area is 148 Å². The summed E-state index contributed by atoms with van der Waals surface area (Å²) in [5.41, 5.74) is 1.42. The minimum atomic E-state index is 0.514. The molecule has 0 spiro atoms. The molecule has 1 aromatic carbocycles. The van der Waals surface area contributed by atoms with Crippen molar-refractivity contribution < 1.29 is 0 Å². The number of hydrogen-bond acceptors (Lipinski definition) is 2. The fourth-order valence-corrected chi connectivity index (χ4v) is 3.38. The molecule has 2 nitrogen and oxygen atoms in total. The van der Waals surface area contributed by atoms with Crippen LogP contribution < -0.4 is 0 Å². The molecule has 0 saturated heterocycles. The molecule has 2 rings (SSSR count). The summed E-state index contributed by atoms with van der Waals surface area (Å²) in [7, 11) is 0. The molecule has 24 heavy (non-hydrogen) atoms. The maximum absolute atomic E-state index is 4.47. The van der Waals surface area contributed by atoms with Crippen molar-refractivity contribution >= 4 is 12.4 Å². The first-order valence-corrected chi connectivity index (χ1v) is 9.87. The van der Waals surface area contributed by atoms with Gasteiger partial charge in [0.2, 0.25) is 6.17 Å². The smallest absolute Gasteiger partial charge is 0.0965 e. The highest BCUT2D eigenvalue weighted by Crippen LogP contribution is 2.29. The largest absolute Gasteiger partial charge is 0.243 e. The van der Waals surface area contributed by atoms with Gasteiger partial charge in [0.05, 0.1) is 5.92 Å². The maximum atomic E-state index is 4.47. The summed E-state index contributed by atoms with van der Waals surface area (Å²) in [4.78, 5) is 8.93. The fourth-order valence-electron chi connectivity index (χ4n) is 3.38. The molecular weight excluding hydrogens is 292 g/mol. The summed E-state index contributed by atoms with van der Waals surface area (Å²) in [5, 5.41) is 0. The average molecular weight is 326 g/mol. The average Bonchev–Trinajstić information content (AvgIpc) is 3.15. The van der Waals surface area contributed by atoms with Crippen LogP contribution in [0, 0.1) is 12.1 Å². The van der Waals surface area contributed by atoms with E-state index >= 15 is 0 Å². The van der Waals surface area contributed by atoms with Crippen LogP contribution in [-0.2, 0) is 6.42 Å². The Morgan fingerprint density at radius 3 is 2.08 bits per heavy atom. The first-order chi connectivity index (χ1) is 11.9. The molecule has 1 aliphatic rings. The van der Waals surface area contributed by atoms with Crippen molar-refractivity contribution in [2.24, 2.45) is 15.9 Å². The zero-order valence-corrected chi connectivity index (χ0v) is 15.3. The summed E-state index contributed by atoms with van der Waals surface area (Å²) in [6.45, 7) is 2.28. The van der Waals surface area contributed by atoms with Gasteiger partial charge in [-0.25, -0.2) is 0 Å². The summed E-state index contributed by atoms with van der Waals surface area (Å²) in [6, 6.07) is 10.8. The van der Waals surface area contributed by atoms with Crippen LogP contribution in [0.5, 0.6) is 0 Å². The van der Waals surface area contributed by atoms with E-state index in [1.165, 1.54) is 63.4 Å². The SMILES string of the molecule is CCCCCCCCCCC(CCc1ccccc1)[C+]1N=CC=N1. The molecule has 1 aromatic rings. The number of unbranched alkanes of at least 4 members (excludes halogenated alkanes) is 7. The van der Waals surface area contributed by atoms with Gasteiger partial charge in [-0.15, -0.1) is 0 Å². The first-order valence-electron chi connectivity index (χ1n) is 9.87. The van der Waals surface area contributed by atoms with Gasteiger partial charge in [0.15, 0.2) is 12.4 Å². The van der Waals surface area contributed by atoms with Crippen molar-refractivity contribution in [2.45, 2.75) is 77.6 Å². The predicted octanol–water partition coefficient (Wildman–Crippen LogP) is 6.41. The highest BCUT2D eigenvalue weighted by Gasteiger charge is 2.27. The number of rotatable bonds is 13. The third kappa shape index (κ3) is 7.33. The number of aryl methyl sites for hydroxylation is 1. The van der Waals surface area contributed by atoms with Gasteiger partial charge in [-0.1, -0.05) is 98.6 Å². The van der Waals surface area contributed by atoms with E-state index in [1.807, 2.05) is 12.4 Å². The topological polar surface area (TPSA) is 24.7 Å². The lowest BCUT2D eigenvalue weighted by Crippen LogP contribution is -2.09. The van der Waals surface area contributed by atoms with Crippen LogP contribution in [0.15, 0.2) is 40.3 Å². The van der Waals surface area contributed by atoms with Crippen LogP contribution in [0.2, 0.25) is 0 Å². The molecule has 1 heterocycles. The molecule has 0 aromatic heterocycles. The predicted molar refractivity (Wildman–Crippen MR) is 106 cm³/mol. The van der Waals surface area contributed by atoms with Gasteiger partial charge in [0.1, 0.15) is 0 Å². The lowest BCUT2D eigenvalue weighted by Gasteiger charge is -2.14. The van der Waals surface area contributed by atoms with Crippen molar-refractivity contribution in [1.82, 2.24) is 0 Å². The van der Waals surface area contributed by atoms with E-state index in [4.69, 9.17) is 0 Å². The number of benzene rings is 1. The number of nitrogens with zero attached hydrogens (tertiary/aromatic N) is 2. The molecule has 130 valence electrons. The molecule has 0 radical (unpaired) electrons. The van der Waals surface area contributed by atoms with E-state index in [-0.39, 0.29) is 0 Å². The third-order valence-electron chi connectivity index (χ3n) is 4.88. The molecule has 1 aliphatic heterocycles. The monoisotopic (exact) mass is 325 g/mol. The molecule has 1 atom stereocenters. The van der Waals surface area contributed by atoms with E-state index in [9.17, 15) is 0 Å². The maximum Gasteiger partial charge on any atom is 0.243 e. The van der Waals surface area contributed by atoms with Gasteiger partial charge in [-0.2, -0.15) is 0 Å². The second kappa shape index (κ2) is 11.9. The normalized spacial score (nSPS) is 14.5. The molecular formula is C22H33N2+. The van der Waals surface area contributed by atoms with Gasteiger partial charge < -0.3 is 0 Å². The van der Waals surface area contributed by atoms with Crippen LogP contribution in [0.4, 0.5) is 0 Å². The van der Waals surface area contributed by atoms with Crippen molar-refractivity contribution in [1.29, 1.82) is 0 Å².